The van der Waals surface area contributed by atoms with Gasteiger partial charge in [0.2, 0.25) is 0 Å². The molecule has 0 aliphatic carbocycles. The van der Waals surface area contributed by atoms with Gasteiger partial charge in [-0.25, -0.2) is 5.26 Å². The van der Waals surface area contributed by atoms with Crippen LogP contribution in [0.5, 0.6) is 0 Å². The molecule has 7 heavy (non-hydrogen) atoms. The molecule has 2 N–H and O–H groups in total. The van der Waals surface area contributed by atoms with Gasteiger partial charge in [-0.3, -0.25) is 4.55 Å². The molecule has 0 aromatic rings. The lowest BCUT2D eigenvalue weighted by Crippen LogP contribution is -1.97. The summed E-state index contributed by atoms with van der Waals surface area (Å²) >= 11 is 0. The Kier molecular flexibility index (Phi) is 4.83. The Labute approximate surface area is 43.8 Å². The summed E-state index contributed by atoms with van der Waals surface area (Å²) in [7, 11) is -4.61. The van der Waals surface area contributed by atoms with Crippen molar-refractivity contribution in [1.82, 2.24) is 0 Å². The van der Waals surface area contributed by atoms with E-state index in [0.29, 0.717) is 0 Å². The van der Waals surface area contributed by atoms with Gasteiger partial charge in [-0.15, -0.1) is 0 Å². The second-order valence-corrected chi connectivity index (χ2v) is 1.51. The zero-order chi connectivity index (χ0) is 5.21. The van der Waals surface area contributed by atoms with Crippen LogP contribution in [0.4, 0.5) is 0 Å². The molecule has 0 fully saturated rings. The van der Waals surface area contributed by atoms with Gasteiger partial charge in [-0.1, -0.05) is 4.33 Å². The molecule has 0 saturated carbocycles. The first kappa shape index (κ1) is 10.3. The Balaban J connectivity index is 0. The molecule has 0 atom stereocenters. The highest BCUT2D eigenvalue weighted by atomic mass is 32.3. The molecule has 0 saturated heterocycles. The molecular formula is H2O5PS. The van der Waals surface area contributed by atoms with Crippen molar-refractivity contribution in [3.63, 3.8) is 0 Å². The highest BCUT2D eigenvalue weighted by Crippen LogP contribution is 1.74. The molecule has 7 heteroatoms. The lowest BCUT2D eigenvalue weighted by molar-refractivity contribution is -0.139. The van der Waals surface area contributed by atoms with Crippen molar-refractivity contribution in [2.75, 3.05) is 0 Å². The van der Waals surface area contributed by atoms with E-state index in [4.69, 9.17) is 18.2 Å². The molecule has 5 nitrogen and oxygen atoms in total. The van der Waals surface area contributed by atoms with Gasteiger partial charge in [-0.05, 0) is 0 Å². The molecule has 0 unspecified atom stereocenters. The Hall–Kier alpha value is 0.260. The molecule has 0 aliphatic rings. The maximum atomic E-state index is 9.08. The number of hydrogen-bond donors (Lipinski definition) is 2. The summed E-state index contributed by atoms with van der Waals surface area (Å²) in [6.45, 7) is 0. The first-order valence-electron chi connectivity index (χ1n) is 0.865. The third-order valence-electron chi connectivity index (χ3n) is 0.0942. The lowest BCUT2D eigenvalue weighted by atomic mass is 15.0. The minimum Gasteiger partial charge on any atom is -0.262 e. The van der Waals surface area contributed by atoms with Crippen LogP contribution in [-0.4, -0.2) is 18.2 Å². The fraction of sp³-hybridized carbons (Fsp3) is 0. The van der Waals surface area contributed by atoms with Crippen molar-refractivity contribution in [1.29, 1.82) is 0 Å². The Morgan fingerprint density at radius 3 is 1.57 bits per heavy atom. The maximum absolute atomic E-state index is 9.08. The summed E-state index contributed by atoms with van der Waals surface area (Å²) in [6, 6.07) is 0. The predicted molar refractivity (Wildman–Crippen MR) is 22.2 cm³/mol. The second-order valence-electron chi connectivity index (χ2n) is 0.502. The first-order chi connectivity index (χ1) is 2.56. The first-order valence-corrected chi connectivity index (χ1v) is 2.23. The SMILES string of the molecule is O=S(=O)(O)OO.[P]. The highest BCUT2D eigenvalue weighted by molar-refractivity contribution is 7.80. The summed E-state index contributed by atoms with van der Waals surface area (Å²) in [6.07, 6.45) is 0. The summed E-state index contributed by atoms with van der Waals surface area (Å²) in [4.78, 5) is 0. The minimum atomic E-state index is -4.61. The molecular weight excluding hydrogens is 143 g/mol. The maximum Gasteiger partial charge on any atom is 0.423 e. The fourth-order valence-corrected chi connectivity index (χ4v) is 0. The smallest absolute Gasteiger partial charge is 0.262 e. The van der Waals surface area contributed by atoms with Crippen LogP contribution in [0.15, 0.2) is 0 Å². The van der Waals surface area contributed by atoms with Crippen LogP contribution in [-0.2, 0) is 14.7 Å². The molecule has 0 aromatic heterocycles. The van der Waals surface area contributed by atoms with Gasteiger partial charge in [0.05, 0.1) is 0 Å². The summed E-state index contributed by atoms with van der Waals surface area (Å²) in [5.41, 5.74) is 0. The van der Waals surface area contributed by atoms with Crippen LogP contribution in [0, 0.1) is 0 Å². The molecule has 0 aliphatic heterocycles. The summed E-state index contributed by atoms with van der Waals surface area (Å²) in [5.74, 6) is 0. The quantitative estimate of drug-likeness (QED) is 0.237. The molecule has 0 aromatic carbocycles. The monoisotopic (exact) mass is 145 g/mol. The van der Waals surface area contributed by atoms with Crippen LogP contribution in [0.1, 0.15) is 0 Å². The van der Waals surface area contributed by atoms with Gasteiger partial charge in [-0.2, -0.15) is 8.42 Å². The van der Waals surface area contributed by atoms with E-state index in [0.717, 1.165) is 0 Å². The van der Waals surface area contributed by atoms with Crippen molar-refractivity contribution in [2.45, 2.75) is 0 Å². The molecule has 0 bridgehead atoms. The van der Waals surface area contributed by atoms with E-state index < -0.39 is 10.4 Å². The topological polar surface area (TPSA) is 83.8 Å². The van der Waals surface area contributed by atoms with Crippen LogP contribution >= 0.6 is 9.90 Å². The van der Waals surface area contributed by atoms with Crippen molar-refractivity contribution in [2.24, 2.45) is 0 Å². The zero-order valence-corrected chi connectivity index (χ0v) is 4.69. The van der Waals surface area contributed by atoms with Crippen LogP contribution in [0.3, 0.4) is 0 Å². The molecule has 0 amide bonds. The number of hydrogen-bond acceptors (Lipinski definition) is 4. The van der Waals surface area contributed by atoms with E-state index in [1.54, 1.807) is 0 Å². The number of rotatable bonds is 1. The van der Waals surface area contributed by atoms with Crippen molar-refractivity contribution < 1.29 is 22.6 Å². The normalized spacial score (nSPS) is 10.0. The average Bonchev–Trinajstić information content (AvgIpc) is 1.35. The van der Waals surface area contributed by atoms with Crippen LogP contribution < -0.4 is 0 Å². The Bertz CT molecular complexity index is 110. The van der Waals surface area contributed by atoms with Crippen LogP contribution in [0.25, 0.3) is 0 Å². The third-order valence-corrected chi connectivity index (χ3v) is 0.283. The largest absolute Gasteiger partial charge is 0.423 e. The highest BCUT2D eigenvalue weighted by Gasteiger charge is 1.97. The molecule has 0 rings (SSSR count). The van der Waals surface area contributed by atoms with E-state index >= 15 is 0 Å². The minimum absolute atomic E-state index is 0. The second kappa shape index (κ2) is 3.29. The van der Waals surface area contributed by atoms with Crippen molar-refractivity contribution >= 4 is 20.3 Å². The van der Waals surface area contributed by atoms with Crippen molar-refractivity contribution in [3.05, 3.63) is 0 Å². The van der Waals surface area contributed by atoms with Gasteiger partial charge in [0.25, 0.3) is 0 Å². The summed E-state index contributed by atoms with van der Waals surface area (Å²) in [5, 5.41) is 7.06. The van der Waals surface area contributed by atoms with Gasteiger partial charge < -0.3 is 0 Å². The van der Waals surface area contributed by atoms with Gasteiger partial charge in [0.1, 0.15) is 0 Å². The van der Waals surface area contributed by atoms with E-state index in [9.17, 15) is 0 Å². The average molecular weight is 145 g/mol. The Morgan fingerprint density at radius 2 is 1.57 bits per heavy atom. The predicted octanol–water partition coefficient (Wildman–Crippen LogP) is 0.140. The standard InChI is InChI=1S/H2O5S.P/c1-5-6(2,3)4;/h1H,(H,2,3,4);. The van der Waals surface area contributed by atoms with Crippen molar-refractivity contribution in [3.8, 4) is 0 Å². The fourth-order valence-electron chi connectivity index (χ4n) is 0. The van der Waals surface area contributed by atoms with E-state index in [1.807, 2.05) is 0 Å². The lowest BCUT2D eigenvalue weighted by Gasteiger charge is -1.79. The van der Waals surface area contributed by atoms with Gasteiger partial charge in [0.15, 0.2) is 0 Å². The van der Waals surface area contributed by atoms with E-state index in [1.165, 1.54) is 0 Å². The molecule has 0 spiro atoms. The van der Waals surface area contributed by atoms with E-state index in [-0.39, 0.29) is 9.90 Å². The Morgan fingerprint density at radius 1 is 1.43 bits per heavy atom. The summed E-state index contributed by atoms with van der Waals surface area (Å²) < 4.78 is 28.0. The van der Waals surface area contributed by atoms with E-state index in [2.05, 4.69) is 4.33 Å². The van der Waals surface area contributed by atoms with Crippen LogP contribution in [0.2, 0.25) is 0 Å². The molecule has 3 radical (unpaired) electrons. The molecule has 0 heterocycles. The van der Waals surface area contributed by atoms with Gasteiger partial charge >= 0.3 is 10.4 Å². The third kappa shape index (κ3) is 10.7. The molecule has 43 valence electrons. The van der Waals surface area contributed by atoms with Gasteiger partial charge in [0, 0.05) is 9.90 Å². The zero-order valence-electron chi connectivity index (χ0n) is 2.97.